The van der Waals surface area contributed by atoms with Crippen LogP contribution in [0.5, 0.6) is 0 Å². The maximum absolute atomic E-state index is 11.8. The molecule has 16 heavy (non-hydrogen) atoms. The summed E-state index contributed by atoms with van der Waals surface area (Å²) in [7, 11) is 0. The SMILES string of the molecule is CCNc1ccccc1C(=O)NCCCO. The second kappa shape index (κ2) is 6.85. The van der Waals surface area contributed by atoms with Crippen LogP contribution in [-0.2, 0) is 0 Å². The van der Waals surface area contributed by atoms with Gasteiger partial charge in [0.05, 0.1) is 5.56 Å². The summed E-state index contributed by atoms with van der Waals surface area (Å²) in [5, 5.41) is 14.5. The van der Waals surface area contributed by atoms with E-state index in [1.165, 1.54) is 0 Å². The van der Waals surface area contributed by atoms with Gasteiger partial charge in [0.25, 0.3) is 5.91 Å². The topological polar surface area (TPSA) is 61.4 Å². The summed E-state index contributed by atoms with van der Waals surface area (Å²) in [6.45, 7) is 3.35. The van der Waals surface area contributed by atoms with Gasteiger partial charge < -0.3 is 15.7 Å². The smallest absolute Gasteiger partial charge is 0.253 e. The van der Waals surface area contributed by atoms with Crippen molar-refractivity contribution < 1.29 is 9.90 Å². The molecule has 4 heteroatoms. The van der Waals surface area contributed by atoms with Crippen LogP contribution in [0.2, 0.25) is 0 Å². The van der Waals surface area contributed by atoms with Gasteiger partial charge in [-0.05, 0) is 25.5 Å². The molecule has 0 fully saturated rings. The van der Waals surface area contributed by atoms with Gasteiger partial charge in [-0.25, -0.2) is 0 Å². The molecule has 1 amide bonds. The average molecular weight is 222 g/mol. The van der Waals surface area contributed by atoms with Gasteiger partial charge in [-0.3, -0.25) is 4.79 Å². The molecule has 0 atom stereocenters. The first kappa shape index (κ1) is 12.5. The van der Waals surface area contributed by atoms with Gasteiger partial charge in [0.2, 0.25) is 0 Å². The summed E-state index contributed by atoms with van der Waals surface area (Å²) in [4.78, 5) is 11.8. The lowest BCUT2D eigenvalue weighted by Crippen LogP contribution is -2.25. The first-order valence-corrected chi connectivity index (χ1v) is 5.51. The monoisotopic (exact) mass is 222 g/mol. The molecule has 88 valence electrons. The van der Waals surface area contributed by atoms with Crippen molar-refractivity contribution in [3.8, 4) is 0 Å². The fourth-order valence-corrected chi connectivity index (χ4v) is 1.40. The Balaban J connectivity index is 2.66. The minimum absolute atomic E-state index is 0.0924. The number of rotatable bonds is 6. The third kappa shape index (κ3) is 3.55. The predicted octanol–water partition coefficient (Wildman–Crippen LogP) is 1.23. The second-order valence-electron chi connectivity index (χ2n) is 3.41. The lowest BCUT2D eigenvalue weighted by atomic mass is 10.1. The molecule has 1 aromatic carbocycles. The molecule has 0 aliphatic rings. The van der Waals surface area contributed by atoms with Crippen LogP contribution < -0.4 is 10.6 Å². The Morgan fingerprint density at radius 1 is 1.38 bits per heavy atom. The highest BCUT2D eigenvalue weighted by Gasteiger charge is 2.08. The number of hydrogen-bond donors (Lipinski definition) is 3. The van der Waals surface area contributed by atoms with E-state index in [0.29, 0.717) is 18.5 Å². The first-order chi connectivity index (χ1) is 7.79. The molecule has 0 heterocycles. The van der Waals surface area contributed by atoms with E-state index in [2.05, 4.69) is 10.6 Å². The zero-order chi connectivity index (χ0) is 11.8. The zero-order valence-electron chi connectivity index (χ0n) is 9.49. The summed E-state index contributed by atoms with van der Waals surface area (Å²) in [5.74, 6) is -0.106. The summed E-state index contributed by atoms with van der Waals surface area (Å²) in [5.41, 5.74) is 1.48. The van der Waals surface area contributed by atoms with E-state index < -0.39 is 0 Å². The molecule has 0 unspecified atom stereocenters. The number of carbonyl (C=O) groups excluding carboxylic acids is 1. The van der Waals surface area contributed by atoms with E-state index in [0.717, 1.165) is 12.2 Å². The van der Waals surface area contributed by atoms with Crippen LogP contribution in [0, 0.1) is 0 Å². The van der Waals surface area contributed by atoms with Crippen molar-refractivity contribution in [3.05, 3.63) is 29.8 Å². The van der Waals surface area contributed by atoms with Gasteiger partial charge in [0, 0.05) is 25.4 Å². The molecule has 1 rings (SSSR count). The minimum atomic E-state index is -0.106. The van der Waals surface area contributed by atoms with Crippen LogP contribution in [-0.4, -0.2) is 30.7 Å². The van der Waals surface area contributed by atoms with Crippen molar-refractivity contribution in [1.29, 1.82) is 0 Å². The maximum Gasteiger partial charge on any atom is 0.253 e. The third-order valence-electron chi connectivity index (χ3n) is 2.16. The van der Waals surface area contributed by atoms with E-state index in [1.54, 1.807) is 6.07 Å². The van der Waals surface area contributed by atoms with Crippen LogP contribution >= 0.6 is 0 Å². The van der Waals surface area contributed by atoms with Crippen molar-refractivity contribution in [2.75, 3.05) is 25.0 Å². The fraction of sp³-hybridized carbons (Fsp3) is 0.417. The number of aliphatic hydroxyl groups excluding tert-OH is 1. The van der Waals surface area contributed by atoms with E-state index >= 15 is 0 Å². The highest BCUT2D eigenvalue weighted by atomic mass is 16.3. The molecule has 0 radical (unpaired) electrons. The molecule has 0 aliphatic heterocycles. The summed E-state index contributed by atoms with van der Waals surface area (Å²) in [6, 6.07) is 7.39. The second-order valence-corrected chi connectivity index (χ2v) is 3.41. The number of aliphatic hydroxyl groups is 1. The number of carbonyl (C=O) groups is 1. The maximum atomic E-state index is 11.8. The summed E-state index contributed by atoms with van der Waals surface area (Å²) >= 11 is 0. The average Bonchev–Trinajstić information content (AvgIpc) is 2.30. The molecule has 0 aliphatic carbocycles. The molecular weight excluding hydrogens is 204 g/mol. The van der Waals surface area contributed by atoms with Gasteiger partial charge in [-0.1, -0.05) is 12.1 Å². The Labute approximate surface area is 95.7 Å². The van der Waals surface area contributed by atoms with Crippen molar-refractivity contribution in [2.45, 2.75) is 13.3 Å². The van der Waals surface area contributed by atoms with E-state index in [-0.39, 0.29) is 12.5 Å². The number of nitrogens with one attached hydrogen (secondary N) is 2. The highest BCUT2D eigenvalue weighted by molar-refractivity contribution is 5.99. The lowest BCUT2D eigenvalue weighted by Gasteiger charge is -2.10. The molecule has 1 aromatic rings. The van der Waals surface area contributed by atoms with Gasteiger partial charge in [0.1, 0.15) is 0 Å². The molecule has 4 nitrogen and oxygen atoms in total. The number of benzene rings is 1. The summed E-state index contributed by atoms with van der Waals surface area (Å²) < 4.78 is 0. The largest absolute Gasteiger partial charge is 0.396 e. The van der Waals surface area contributed by atoms with Crippen LogP contribution in [0.4, 0.5) is 5.69 Å². The number of amides is 1. The molecule has 0 spiro atoms. The van der Waals surface area contributed by atoms with Crippen LogP contribution in [0.1, 0.15) is 23.7 Å². The minimum Gasteiger partial charge on any atom is -0.396 e. The van der Waals surface area contributed by atoms with Gasteiger partial charge in [-0.2, -0.15) is 0 Å². The molecule has 0 bridgehead atoms. The Morgan fingerprint density at radius 3 is 2.81 bits per heavy atom. The Bertz CT molecular complexity index is 340. The quantitative estimate of drug-likeness (QED) is 0.634. The van der Waals surface area contributed by atoms with E-state index in [9.17, 15) is 4.79 Å². The molecule has 0 saturated heterocycles. The van der Waals surface area contributed by atoms with E-state index in [4.69, 9.17) is 5.11 Å². The van der Waals surface area contributed by atoms with Crippen molar-refractivity contribution in [1.82, 2.24) is 5.32 Å². The van der Waals surface area contributed by atoms with Crippen molar-refractivity contribution >= 4 is 11.6 Å². The number of anilines is 1. The lowest BCUT2D eigenvalue weighted by molar-refractivity contribution is 0.0952. The fourth-order valence-electron chi connectivity index (χ4n) is 1.40. The molecule has 3 N–H and O–H groups in total. The van der Waals surface area contributed by atoms with Gasteiger partial charge in [0.15, 0.2) is 0 Å². The highest BCUT2D eigenvalue weighted by Crippen LogP contribution is 2.14. The van der Waals surface area contributed by atoms with Gasteiger partial charge in [-0.15, -0.1) is 0 Å². The predicted molar refractivity (Wildman–Crippen MR) is 64.6 cm³/mol. The Hall–Kier alpha value is -1.55. The molecular formula is C12H18N2O2. The Morgan fingerprint density at radius 2 is 2.12 bits per heavy atom. The van der Waals surface area contributed by atoms with E-state index in [1.807, 2.05) is 25.1 Å². The Kier molecular flexibility index (Phi) is 5.36. The molecule has 0 saturated carbocycles. The zero-order valence-corrected chi connectivity index (χ0v) is 9.49. The first-order valence-electron chi connectivity index (χ1n) is 5.51. The summed E-state index contributed by atoms with van der Waals surface area (Å²) in [6.07, 6.45) is 0.578. The van der Waals surface area contributed by atoms with Crippen LogP contribution in [0.25, 0.3) is 0 Å². The van der Waals surface area contributed by atoms with Crippen LogP contribution in [0.15, 0.2) is 24.3 Å². The molecule has 0 aromatic heterocycles. The van der Waals surface area contributed by atoms with Crippen molar-refractivity contribution in [2.24, 2.45) is 0 Å². The number of para-hydroxylation sites is 1. The van der Waals surface area contributed by atoms with Gasteiger partial charge >= 0.3 is 0 Å². The number of hydrogen-bond acceptors (Lipinski definition) is 3. The van der Waals surface area contributed by atoms with Crippen LogP contribution in [0.3, 0.4) is 0 Å². The van der Waals surface area contributed by atoms with Crippen molar-refractivity contribution in [3.63, 3.8) is 0 Å². The normalized spacial score (nSPS) is 9.88. The third-order valence-corrected chi connectivity index (χ3v) is 2.16. The standard InChI is InChI=1S/C12H18N2O2/c1-2-13-11-7-4-3-6-10(11)12(16)14-8-5-9-15/h3-4,6-7,13,15H,2,5,8-9H2,1H3,(H,14,16).